The van der Waals surface area contributed by atoms with Gasteiger partial charge in [0, 0.05) is 13.0 Å². The van der Waals surface area contributed by atoms with Gasteiger partial charge in [0.25, 0.3) is 0 Å². The van der Waals surface area contributed by atoms with Gasteiger partial charge in [0.2, 0.25) is 0 Å². The van der Waals surface area contributed by atoms with Gasteiger partial charge in [-0.1, -0.05) is 6.42 Å². The largest absolute Gasteiger partial charge is 0.478 e. The molecule has 1 heterocycles. The number of nitrogens with zero attached hydrogens (tertiary/aromatic N) is 2. The molecular weight excluding hydrogens is 248 g/mol. The van der Waals surface area contributed by atoms with Crippen molar-refractivity contribution in [1.82, 2.24) is 9.78 Å². The summed E-state index contributed by atoms with van der Waals surface area (Å²) in [6.45, 7) is 0. The minimum absolute atomic E-state index is 0.331. The summed E-state index contributed by atoms with van der Waals surface area (Å²) in [6, 6.07) is 0. The lowest BCUT2D eigenvalue weighted by atomic mass is 9.82. The SMILES string of the molecule is Cn1nc(C2CCC2)c(C(=O)O)c1Br. The molecule has 5 heteroatoms. The number of carboxylic acids is 1. The van der Waals surface area contributed by atoms with Crippen molar-refractivity contribution in [3.63, 3.8) is 0 Å². The van der Waals surface area contributed by atoms with E-state index in [1.54, 1.807) is 11.7 Å². The number of halogens is 1. The molecule has 0 aromatic carbocycles. The Labute approximate surface area is 90.0 Å². The first kappa shape index (κ1) is 9.71. The fourth-order valence-corrected chi connectivity index (χ4v) is 2.14. The molecule has 76 valence electrons. The average Bonchev–Trinajstić information content (AvgIpc) is 2.24. The summed E-state index contributed by atoms with van der Waals surface area (Å²) in [4.78, 5) is 11.0. The molecule has 1 saturated carbocycles. The number of aromatic nitrogens is 2. The number of hydrogen-bond donors (Lipinski definition) is 1. The normalized spacial score (nSPS) is 16.7. The lowest BCUT2D eigenvalue weighted by Crippen LogP contribution is -2.13. The van der Waals surface area contributed by atoms with E-state index >= 15 is 0 Å². The molecule has 0 amide bonds. The van der Waals surface area contributed by atoms with Crippen molar-refractivity contribution in [2.24, 2.45) is 7.05 Å². The molecule has 0 spiro atoms. The van der Waals surface area contributed by atoms with Gasteiger partial charge in [-0.15, -0.1) is 0 Å². The van der Waals surface area contributed by atoms with Crippen LogP contribution in [0, 0.1) is 0 Å². The first-order valence-electron chi connectivity index (χ1n) is 4.57. The van der Waals surface area contributed by atoms with Crippen LogP contribution in [-0.4, -0.2) is 20.9 Å². The third kappa shape index (κ3) is 1.35. The van der Waals surface area contributed by atoms with Gasteiger partial charge in [0.15, 0.2) is 0 Å². The number of carboxylic acid groups (broad SMARTS) is 1. The molecule has 0 bridgehead atoms. The van der Waals surface area contributed by atoms with Gasteiger partial charge in [0.1, 0.15) is 10.2 Å². The van der Waals surface area contributed by atoms with Crippen LogP contribution < -0.4 is 0 Å². The monoisotopic (exact) mass is 258 g/mol. The van der Waals surface area contributed by atoms with Crippen molar-refractivity contribution in [3.05, 3.63) is 15.9 Å². The Kier molecular flexibility index (Phi) is 2.34. The fraction of sp³-hybridized carbons (Fsp3) is 0.556. The first-order valence-corrected chi connectivity index (χ1v) is 5.36. The van der Waals surface area contributed by atoms with Gasteiger partial charge >= 0.3 is 5.97 Å². The Balaban J connectivity index is 2.47. The molecule has 0 saturated heterocycles. The minimum atomic E-state index is -0.896. The molecule has 0 unspecified atom stereocenters. The van der Waals surface area contributed by atoms with Crippen LogP contribution in [0.4, 0.5) is 0 Å². The Morgan fingerprint density at radius 1 is 1.64 bits per heavy atom. The molecule has 1 aromatic rings. The molecule has 0 radical (unpaired) electrons. The van der Waals surface area contributed by atoms with E-state index in [0.29, 0.717) is 16.1 Å². The molecule has 0 aliphatic heterocycles. The van der Waals surface area contributed by atoms with Crippen molar-refractivity contribution in [2.75, 3.05) is 0 Å². The molecule has 14 heavy (non-hydrogen) atoms. The molecule has 1 aliphatic carbocycles. The smallest absolute Gasteiger partial charge is 0.340 e. The van der Waals surface area contributed by atoms with Crippen molar-refractivity contribution in [3.8, 4) is 0 Å². The zero-order valence-corrected chi connectivity index (χ0v) is 9.41. The van der Waals surface area contributed by atoms with Gasteiger partial charge < -0.3 is 5.11 Å². The summed E-state index contributed by atoms with van der Waals surface area (Å²) in [5.74, 6) is -0.550. The van der Waals surface area contributed by atoms with Crippen molar-refractivity contribution in [1.29, 1.82) is 0 Å². The molecule has 1 aromatic heterocycles. The molecule has 1 aliphatic rings. The van der Waals surface area contributed by atoms with Crippen LogP contribution in [0.3, 0.4) is 0 Å². The lowest BCUT2D eigenvalue weighted by Gasteiger charge is -2.23. The number of carbonyl (C=O) groups is 1. The Bertz CT molecular complexity index is 382. The second kappa shape index (κ2) is 3.38. The molecular formula is C9H11BrN2O2. The highest BCUT2D eigenvalue weighted by atomic mass is 79.9. The predicted octanol–water partition coefficient (Wildman–Crippen LogP) is 2.15. The number of hydrogen-bond acceptors (Lipinski definition) is 2. The highest BCUT2D eigenvalue weighted by Crippen LogP contribution is 2.38. The summed E-state index contributed by atoms with van der Waals surface area (Å²) >= 11 is 3.24. The number of aromatic carboxylic acids is 1. The Morgan fingerprint density at radius 2 is 2.29 bits per heavy atom. The summed E-state index contributed by atoms with van der Waals surface area (Å²) in [5.41, 5.74) is 1.07. The van der Waals surface area contributed by atoms with E-state index in [9.17, 15) is 4.79 Å². The fourth-order valence-electron chi connectivity index (χ4n) is 1.69. The van der Waals surface area contributed by atoms with E-state index in [1.807, 2.05) is 0 Å². The van der Waals surface area contributed by atoms with E-state index in [0.717, 1.165) is 18.5 Å². The summed E-state index contributed by atoms with van der Waals surface area (Å²) < 4.78 is 2.14. The number of aryl methyl sites for hydroxylation is 1. The van der Waals surface area contributed by atoms with E-state index in [-0.39, 0.29) is 0 Å². The zero-order chi connectivity index (χ0) is 10.3. The number of rotatable bonds is 2. The van der Waals surface area contributed by atoms with Gasteiger partial charge in [-0.3, -0.25) is 4.68 Å². The quantitative estimate of drug-likeness (QED) is 0.885. The molecule has 1 N–H and O–H groups in total. The lowest BCUT2D eigenvalue weighted by molar-refractivity contribution is 0.0693. The molecule has 1 fully saturated rings. The highest BCUT2D eigenvalue weighted by molar-refractivity contribution is 9.10. The maximum Gasteiger partial charge on any atom is 0.340 e. The van der Waals surface area contributed by atoms with E-state index < -0.39 is 5.97 Å². The van der Waals surface area contributed by atoms with E-state index in [2.05, 4.69) is 21.0 Å². The van der Waals surface area contributed by atoms with Gasteiger partial charge in [-0.25, -0.2) is 4.79 Å². The van der Waals surface area contributed by atoms with E-state index in [1.165, 1.54) is 6.42 Å². The molecule has 0 atom stereocenters. The second-order valence-electron chi connectivity index (χ2n) is 3.61. The van der Waals surface area contributed by atoms with Crippen LogP contribution in [0.15, 0.2) is 4.60 Å². The van der Waals surface area contributed by atoms with Crippen LogP contribution >= 0.6 is 15.9 Å². The second-order valence-corrected chi connectivity index (χ2v) is 4.36. The van der Waals surface area contributed by atoms with Gasteiger partial charge in [0.05, 0.1) is 5.69 Å². The highest BCUT2D eigenvalue weighted by Gasteiger charge is 2.30. The van der Waals surface area contributed by atoms with Crippen molar-refractivity contribution in [2.45, 2.75) is 25.2 Å². The van der Waals surface area contributed by atoms with Crippen LogP contribution in [0.2, 0.25) is 0 Å². The third-order valence-electron chi connectivity index (χ3n) is 2.71. The minimum Gasteiger partial charge on any atom is -0.478 e. The maximum atomic E-state index is 11.0. The van der Waals surface area contributed by atoms with E-state index in [4.69, 9.17) is 5.11 Å². The van der Waals surface area contributed by atoms with Crippen LogP contribution in [0.25, 0.3) is 0 Å². The van der Waals surface area contributed by atoms with Gasteiger partial charge in [-0.2, -0.15) is 5.10 Å². The predicted molar refractivity (Wildman–Crippen MR) is 54.5 cm³/mol. The molecule has 2 rings (SSSR count). The first-order chi connectivity index (χ1) is 6.61. The van der Waals surface area contributed by atoms with Crippen molar-refractivity contribution >= 4 is 21.9 Å². The Hall–Kier alpha value is -0.840. The standard InChI is InChI=1S/C9H11BrN2O2/c1-12-8(10)6(9(13)14)7(11-12)5-3-2-4-5/h5H,2-4H2,1H3,(H,13,14). The summed E-state index contributed by atoms with van der Waals surface area (Å²) in [5, 5.41) is 13.3. The summed E-state index contributed by atoms with van der Waals surface area (Å²) in [6.07, 6.45) is 3.30. The molecule has 4 nitrogen and oxygen atoms in total. The van der Waals surface area contributed by atoms with Crippen LogP contribution in [-0.2, 0) is 7.05 Å². The average molecular weight is 259 g/mol. The van der Waals surface area contributed by atoms with Crippen molar-refractivity contribution < 1.29 is 9.90 Å². The Morgan fingerprint density at radius 3 is 2.71 bits per heavy atom. The third-order valence-corrected chi connectivity index (χ3v) is 3.62. The maximum absolute atomic E-state index is 11.0. The van der Waals surface area contributed by atoms with Crippen LogP contribution in [0.1, 0.15) is 41.2 Å². The van der Waals surface area contributed by atoms with Gasteiger partial charge in [-0.05, 0) is 28.8 Å². The summed E-state index contributed by atoms with van der Waals surface area (Å²) in [7, 11) is 1.75. The zero-order valence-electron chi connectivity index (χ0n) is 7.83. The topological polar surface area (TPSA) is 55.1 Å². The van der Waals surface area contributed by atoms with Crippen LogP contribution in [0.5, 0.6) is 0 Å².